The molecule has 0 spiro atoms. The van der Waals surface area contributed by atoms with Gasteiger partial charge in [0.25, 0.3) is 0 Å². The van der Waals surface area contributed by atoms with Crippen LogP contribution in [0.5, 0.6) is 0 Å². The Morgan fingerprint density at radius 1 is 1.25 bits per heavy atom. The summed E-state index contributed by atoms with van der Waals surface area (Å²) in [6.07, 6.45) is 8.53. The largest absolute Gasteiger partial charge is 0.313 e. The van der Waals surface area contributed by atoms with Crippen LogP contribution in [0.4, 0.5) is 0 Å². The zero-order chi connectivity index (χ0) is 11.8. The summed E-state index contributed by atoms with van der Waals surface area (Å²) in [4.78, 5) is 0. The highest BCUT2D eigenvalue weighted by atomic mass is 32.2. The first-order chi connectivity index (χ1) is 7.76. The Balaban J connectivity index is 2.20. The molecule has 1 aliphatic carbocycles. The average Bonchev–Trinajstić information content (AvgIpc) is 2.79. The average molecular weight is 243 g/mol. The zero-order valence-electron chi connectivity index (χ0n) is 11.3. The molecular formula is C14H29NS. The zero-order valence-corrected chi connectivity index (χ0v) is 12.1. The molecule has 16 heavy (non-hydrogen) atoms. The SMILES string of the molecule is CCNC(CSC1CCCC1)CC(C)CC. The minimum Gasteiger partial charge on any atom is -0.313 e. The molecule has 1 rings (SSSR count). The van der Waals surface area contributed by atoms with Crippen LogP contribution in [0.1, 0.15) is 59.3 Å². The predicted octanol–water partition coefficient (Wildman–Crippen LogP) is 4.08. The molecule has 0 aromatic carbocycles. The highest BCUT2D eigenvalue weighted by Crippen LogP contribution is 2.30. The fourth-order valence-electron chi connectivity index (χ4n) is 2.46. The van der Waals surface area contributed by atoms with Crippen molar-refractivity contribution in [1.82, 2.24) is 5.32 Å². The number of hydrogen-bond acceptors (Lipinski definition) is 2. The molecule has 1 N–H and O–H groups in total. The van der Waals surface area contributed by atoms with Crippen LogP contribution in [0.2, 0.25) is 0 Å². The summed E-state index contributed by atoms with van der Waals surface area (Å²) in [5.41, 5.74) is 0. The molecule has 2 heteroatoms. The van der Waals surface area contributed by atoms with Gasteiger partial charge in [-0.3, -0.25) is 0 Å². The first kappa shape index (κ1) is 14.4. The van der Waals surface area contributed by atoms with Crippen LogP contribution in [0.25, 0.3) is 0 Å². The second-order valence-corrected chi connectivity index (χ2v) is 6.58. The van der Waals surface area contributed by atoms with Crippen LogP contribution in [-0.2, 0) is 0 Å². The molecule has 0 radical (unpaired) electrons. The number of hydrogen-bond donors (Lipinski definition) is 1. The van der Waals surface area contributed by atoms with Crippen LogP contribution in [0.3, 0.4) is 0 Å². The summed E-state index contributed by atoms with van der Waals surface area (Å²) in [5, 5.41) is 4.62. The Kier molecular flexibility index (Phi) is 7.55. The monoisotopic (exact) mass is 243 g/mol. The van der Waals surface area contributed by atoms with Crippen molar-refractivity contribution in [3.8, 4) is 0 Å². The third kappa shape index (κ3) is 5.58. The lowest BCUT2D eigenvalue weighted by atomic mass is 10.0. The Hall–Kier alpha value is 0.310. The Morgan fingerprint density at radius 3 is 2.50 bits per heavy atom. The van der Waals surface area contributed by atoms with Crippen LogP contribution in [0, 0.1) is 5.92 Å². The third-order valence-corrected chi connectivity index (χ3v) is 5.25. The van der Waals surface area contributed by atoms with Crippen molar-refractivity contribution in [2.45, 2.75) is 70.6 Å². The standard InChI is InChI=1S/C14H29NS/c1-4-12(3)10-13(15-5-2)11-16-14-8-6-7-9-14/h12-15H,4-11H2,1-3H3. The lowest BCUT2D eigenvalue weighted by Gasteiger charge is -2.22. The molecule has 1 nitrogen and oxygen atoms in total. The van der Waals surface area contributed by atoms with E-state index in [4.69, 9.17) is 0 Å². The second kappa shape index (κ2) is 8.41. The molecular weight excluding hydrogens is 214 g/mol. The molecule has 1 saturated carbocycles. The molecule has 1 fully saturated rings. The fourth-order valence-corrected chi connectivity index (χ4v) is 3.88. The van der Waals surface area contributed by atoms with E-state index >= 15 is 0 Å². The second-order valence-electron chi connectivity index (χ2n) is 5.24. The van der Waals surface area contributed by atoms with E-state index in [1.165, 1.54) is 44.3 Å². The first-order valence-electron chi connectivity index (χ1n) is 7.11. The van der Waals surface area contributed by atoms with E-state index in [9.17, 15) is 0 Å². The Bertz CT molecular complexity index is 166. The quantitative estimate of drug-likeness (QED) is 0.689. The lowest BCUT2D eigenvalue weighted by molar-refractivity contribution is 0.423. The topological polar surface area (TPSA) is 12.0 Å². The minimum absolute atomic E-state index is 0.741. The van der Waals surface area contributed by atoms with Gasteiger partial charge in [0.15, 0.2) is 0 Å². The smallest absolute Gasteiger partial charge is 0.0160 e. The van der Waals surface area contributed by atoms with E-state index in [0.29, 0.717) is 0 Å². The Labute approximate surface area is 106 Å². The van der Waals surface area contributed by atoms with Crippen molar-refractivity contribution in [1.29, 1.82) is 0 Å². The van der Waals surface area contributed by atoms with Gasteiger partial charge < -0.3 is 5.32 Å². The van der Waals surface area contributed by atoms with E-state index < -0.39 is 0 Å². The van der Waals surface area contributed by atoms with Crippen molar-refractivity contribution < 1.29 is 0 Å². The molecule has 1 aliphatic rings. The van der Waals surface area contributed by atoms with Crippen LogP contribution >= 0.6 is 11.8 Å². The van der Waals surface area contributed by atoms with Crippen molar-refractivity contribution in [2.24, 2.45) is 5.92 Å². The summed E-state index contributed by atoms with van der Waals surface area (Å²) in [7, 11) is 0. The number of thioether (sulfide) groups is 1. The molecule has 0 aromatic rings. The predicted molar refractivity (Wildman–Crippen MR) is 76.3 cm³/mol. The molecule has 0 bridgehead atoms. The van der Waals surface area contributed by atoms with Gasteiger partial charge >= 0.3 is 0 Å². The van der Waals surface area contributed by atoms with Gasteiger partial charge in [-0.2, -0.15) is 11.8 Å². The van der Waals surface area contributed by atoms with Crippen molar-refractivity contribution in [3.63, 3.8) is 0 Å². The summed E-state index contributed by atoms with van der Waals surface area (Å²) >= 11 is 2.22. The van der Waals surface area contributed by atoms with Crippen LogP contribution < -0.4 is 5.32 Å². The molecule has 0 aromatic heterocycles. The van der Waals surface area contributed by atoms with E-state index in [0.717, 1.165) is 23.8 Å². The molecule has 2 unspecified atom stereocenters. The van der Waals surface area contributed by atoms with Gasteiger partial charge in [0.2, 0.25) is 0 Å². The first-order valence-corrected chi connectivity index (χ1v) is 8.16. The number of nitrogens with one attached hydrogen (secondary N) is 1. The fraction of sp³-hybridized carbons (Fsp3) is 1.00. The minimum atomic E-state index is 0.741. The van der Waals surface area contributed by atoms with Crippen LogP contribution in [0.15, 0.2) is 0 Å². The molecule has 96 valence electrons. The maximum atomic E-state index is 3.65. The normalized spacial score (nSPS) is 21.2. The highest BCUT2D eigenvalue weighted by molar-refractivity contribution is 7.99. The summed E-state index contributed by atoms with van der Waals surface area (Å²) < 4.78 is 0. The van der Waals surface area contributed by atoms with E-state index in [2.05, 4.69) is 37.8 Å². The van der Waals surface area contributed by atoms with Crippen molar-refractivity contribution in [2.75, 3.05) is 12.3 Å². The van der Waals surface area contributed by atoms with Gasteiger partial charge in [-0.25, -0.2) is 0 Å². The summed E-state index contributed by atoms with van der Waals surface area (Å²) in [5.74, 6) is 2.19. The summed E-state index contributed by atoms with van der Waals surface area (Å²) in [6.45, 7) is 8.03. The molecule has 0 heterocycles. The maximum absolute atomic E-state index is 3.65. The molecule has 0 saturated heterocycles. The van der Waals surface area contributed by atoms with E-state index in [1.54, 1.807) is 0 Å². The lowest BCUT2D eigenvalue weighted by Crippen LogP contribution is -2.33. The van der Waals surface area contributed by atoms with Gasteiger partial charge in [0, 0.05) is 17.0 Å². The summed E-state index contributed by atoms with van der Waals surface area (Å²) in [6, 6.07) is 0.741. The van der Waals surface area contributed by atoms with Crippen molar-refractivity contribution >= 4 is 11.8 Å². The van der Waals surface area contributed by atoms with Crippen LogP contribution in [-0.4, -0.2) is 23.6 Å². The Morgan fingerprint density at radius 2 is 1.94 bits per heavy atom. The van der Waals surface area contributed by atoms with Gasteiger partial charge in [-0.1, -0.05) is 40.0 Å². The van der Waals surface area contributed by atoms with Crippen molar-refractivity contribution in [3.05, 3.63) is 0 Å². The third-order valence-electron chi connectivity index (χ3n) is 3.71. The maximum Gasteiger partial charge on any atom is 0.0160 e. The van der Waals surface area contributed by atoms with Gasteiger partial charge in [-0.15, -0.1) is 0 Å². The highest BCUT2D eigenvalue weighted by Gasteiger charge is 2.18. The van der Waals surface area contributed by atoms with Gasteiger partial charge in [0.05, 0.1) is 0 Å². The van der Waals surface area contributed by atoms with Gasteiger partial charge in [0.1, 0.15) is 0 Å². The number of rotatable bonds is 8. The van der Waals surface area contributed by atoms with Gasteiger partial charge in [-0.05, 0) is 31.7 Å². The molecule has 0 amide bonds. The van der Waals surface area contributed by atoms with E-state index in [-0.39, 0.29) is 0 Å². The molecule has 0 aliphatic heterocycles. The van der Waals surface area contributed by atoms with E-state index in [1.807, 2.05) is 0 Å². The molecule has 2 atom stereocenters.